The molecular weight excluding hydrogens is 581 g/mol. The summed E-state index contributed by atoms with van der Waals surface area (Å²) in [4.78, 5) is 28.9. The standard InChI is InChI=1S/C31H37Cl2N3O4S/c1-4-17-34-31(38)29(20-24-10-6-5-7-11-24)35(22-25-12-8-13-26(32)19-25)30(37)14-9-18-36(41(3,39)40)28-21-27(33)16-15-23(28)2/h5-8,10-13,15-16,19,21,29H,4,9,14,17-18,20,22H2,1-3H3,(H,34,38)/t29-/m1/s1. The number of sulfonamides is 1. The van der Waals surface area contributed by atoms with Gasteiger partial charge in [-0.3, -0.25) is 13.9 Å². The molecule has 0 fully saturated rings. The first-order valence-corrected chi connectivity index (χ1v) is 16.2. The molecule has 0 saturated heterocycles. The van der Waals surface area contributed by atoms with E-state index in [1.807, 2.05) is 50.2 Å². The van der Waals surface area contributed by atoms with Crippen LogP contribution >= 0.6 is 23.2 Å². The van der Waals surface area contributed by atoms with Gasteiger partial charge in [-0.2, -0.15) is 0 Å². The first-order valence-electron chi connectivity index (χ1n) is 13.6. The van der Waals surface area contributed by atoms with Crippen LogP contribution in [0.25, 0.3) is 0 Å². The van der Waals surface area contributed by atoms with Crippen LogP contribution in [0.2, 0.25) is 10.0 Å². The Hall–Kier alpha value is -3.07. The normalized spacial score (nSPS) is 12.0. The average Bonchev–Trinajstić information content (AvgIpc) is 2.93. The van der Waals surface area contributed by atoms with Crippen molar-refractivity contribution in [3.8, 4) is 0 Å². The molecule has 0 aliphatic carbocycles. The van der Waals surface area contributed by atoms with Crippen LogP contribution in [0.15, 0.2) is 72.8 Å². The molecule has 3 aromatic rings. The van der Waals surface area contributed by atoms with Gasteiger partial charge in [-0.1, -0.05) is 78.7 Å². The van der Waals surface area contributed by atoms with Crippen molar-refractivity contribution in [3.05, 3.63) is 99.5 Å². The van der Waals surface area contributed by atoms with Crippen molar-refractivity contribution < 1.29 is 18.0 Å². The molecular formula is C31H37Cl2N3O4S. The number of carbonyl (C=O) groups is 2. The minimum Gasteiger partial charge on any atom is -0.354 e. The molecule has 1 N–H and O–H groups in total. The van der Waals surface area contributed by atoms with Gasteiger partial charge in [0.05, 0.1) is 11.9 Å². The van der Waals surface area contributed by atoms with Crippen molar-refractivity contribution in [1.82, 2.24) is 10.2 Å². The lowest BCUT2D eigenvalue weighted by atomic mass is 10.0. The molecule has 0 unspecified atom stereocenters. The highest BCUT2D eigenvalue weighted by Gasteiger charge is 2.30. The number of halogens is 2. The maximum absolute atomic E-state index is 13.9. The zero-order valence-electron chi connectivity index (χ0n) is 23.6. The van der Waals surface area contributed by atoms with Gasteiger partial charge in [0.25, 0.3) is 0 Å². The third kappa shape index (κ3) is 9.76. The van der Waals surface area contributed by atoms with Crippen LogP contribution in [0.1, 0.15) is 42.9 Å². The Kier molecular flexibility index (Phi) is 12.1. The van der Waals surface area contributed by atoms with Gasteiger partial charge >= 0.3 is 0 Å². The van der Waals surface area contributed by atoms with Crippen LogP contribution in [-0.2, 0) is 32.6 Å². The van der Waals surface area contributed by atoms with E-state index < -0.39 is 16.1 Å². The molecule has 0 aromatic heterocycles. The zero-order chi connectivity index (χ0) is 30.0. The molecule has 0 heterocycles. The van der Waals surface area contributed by atoms with E-state index in [0.717, 1.165) is 29.4 Å². The highest BCUT2D eigenvalue weighted by Crippen LogP contribution is 2.27. The van der Waals surface area contributed by atoms with E-state index in [1.165, 1.54) is 4.31 Å². The first kappa shape index (κ1) is 32.4. The number of anilines is 1. The van der Waals surface area contributed by atoms with Gasteiger partial charge in [0.2, 0.25) is 21.8 Å². The number of carbonyl (C=O) groups excluding carboxylic acids is 2. The third-order valence-electron chi connectivity index (χ3n) is 6.65. The molecule has 0 spiro atoms. The number of nitrogens with one attached hydrogen (secondary N) is 1. The second-order valence-electron chi connectivity index (χ2n) is 10.0. The molecule has 3 rings (SSSR count). The monoisotopic (exact) mass is 617 g/mol. The Balaban J connectivity index is 1.89. The van der Waals surface area contributed by atoms with Crippen LogP contribution in [0.5, 0.6) is 0 Å². The van der Waals surface area contributed by atoms with Gasteiger partial charge < -0.3 is 10.2 Å². The van der Waals surface area contributed by atoms with Crippen molar-refractivity contribution in [2.45, 2.75) is 52.1 Å². The summed E-state index contributed by atoms with van der Waals surface area (Å²) in [5, 5.41) is 3.91. The number of nitrogens with zero attached hydrogens (tertiary/aromatic N) is 2. The van der Waals surface area contributed by atoms with Crippen molar-refractivity contribution in [3.63, 3.8) is 0 Å². The second-order valence-corrected chi connectivity index (χ2v) is 12.8. The molecule has 0 radical (unpaired) electrons. The molecule has 7 nitrogen and oxygen atoms in total. The van der Waals surface area contributed by atoms with E-state index >= 15 is 0 Å². The minimum absolute atomic E-state index is 0.0402. The van der Waals surface area contributed by atoms with Gasteiger partial charge in [0, 0.05) is 42.5 Å². The van der Waals surface area contributed by atoms with Crippen molar-refractivity contribution in [2.75, 3.05) is 23.7 Å². The molecule has 2 amide bonds. The summed E-state index contributed by atoms with van der Waals surface area (Å²) >= 11 is 12.4. The van der Waals surface area contributed by atoms with E-state index in [-0.39, 0.29) is 37.7 Å². The van der Waals surface area contributed by atoms with Crippen molar-refractivity contribution in [2.24, 2.45) is 0 Å². The van der Waals surface area contributed by atoms with E-state index in [9.17, 15) is 18.0 Å². The summed E-state index contributed by atoms with van der Waals surface area (Å²) in [5.74, 6) is -0.493. The number of amides is 2. The van der Waals surface area contributed by atoms with E-state index in [1.54, 1.807) is 41.3 Å². The fourth-order valence-corrected chi connectivity index (χ4v) is 5.98. The smallest absolute Gasteiger partial charge is 0.243 e. The number of benzene rings is 3. The average molecular weight is 619 g/mol. The fraction of sp³-hybridized carbons (Fsp3) is 0.355. The van der Waals surface area contributed by atoms with Gasteiger partial charge in [0.1, 0.15) is 6.04 Å². The number of hydrogen-bond acceptors (Lipinski definition) is 4. The van der Waals surface area contributed by atoms with Crippen LogP contribution in [0, 0.1) is 6.92 Å². The number of aryl methyl sites for hydroxylation is 1. The summed E-state index contributed by atoms with van der Waals surface area (Å²) in [6, 6.07) is 21.1. The zero-order valence-corrected chi connectivity index (χ0v) is 26.0. The summed E-state index contributed by atoms with van der Waals surface area (Å²) in [6.45, 7) is 4.54. The Bertz CT molecular complexity index is 1430. The van der Waals surface area contributed by atoms with Crippen LogP contribution in [0.3, 0.4) is 0 Å². The molecule has 0 saturated carbocycles. The van der Waals surface area contributed by atoms with Crippen molar-refractivity contribution in [1.29, 1.82) is 0 Å². The van der Waals surface area contributed by atoms with Gasteiger partial charge in [0.15, 0.2) is 0 Å². The number of rotatable bonds is 14. The predicted molar refractivity (Wildman–Crippen MR) is 167 cm³/mol. The topological polar surface area (TPSA) is 86.8 Å². The lowest BCUT2D eigenvalue weighted by Gasteiger charge is -2.32. The minimum atomic E-state index is -3.64. The highest BCUT2D eigenvalue weighted by atomic mass is 35.5. The molecule has 220 valence electrons. The van der Waals surface area contributed by atoms with Gasteiger partial charge in [-0.05, 0) is 60.7 Å². The summed E-state index contributed by atoms with van der Waals surface area (Å²) in [5.41, 5.74) is 2.95. The Morgan fingerprint density at radius 1 is 0.927 bits per heavy atom. The highest BCUT2D eigenvalue weighted by molar-refractivity contribution is 7.92. The molecule has 3 aromatic carbocycles. The van der Waals surface area contributed by atoms with Gasteiger partial charge in [-0.15, -0.1) is 0 Å². The maximum atomic E-state index is 13.9. The predicted octanol–water partition coefficient (Wildman–Crippen LogP) is 6.01. The lowest BCUT2D eigenvalue weighted by Crippen LogP contribution is -2.50. The van der Waals surface area contributed by atoms with Crippen LogP contribution in [0.4, 0.5) is 5.69 Å². The SMILES string of the molecule is CCCNC(=O)[C@@H](Cc1ccccc1)N(Cc1cccc(Cl)c1)C(=O)CCCN(c1cc(Cl)ccc1C)S(C)(=O)=O. The fourth-order valence-electron chi connectivity index (χ4n) is 4.59. The molecule has 41 heavy (non-hydrogen) atoms. The lowest BCUT2D eigenvalue weighted by molar-refractivity contribution is -0.141. The molecule has 10 heteroatoms. The van der Waals surface area contributed by atoms with E-state index in [4.69, 9.17) is 23.2 Å². The Morgan fingerprint density at radius 2 is 1.61 bits per heavy atom. The number of hydrogen-bond donors (Lipinski definition) is 1. The summed E-state index contributed by atoms with van der Waals surface area (Å²) in [7, 11) is -3.64. The van der Waals surface area contributed by atoms with Crippen molar-refractivity contribution >= 4 is 50.7 Å². The van der Waals surface area contributed by atoms with E-state index in [0.29, 0.717) is 28.7 Å². The quantitative estimate of drug-likeness (QED) is 0.240. The molecule has 0 aliphatic rings. The largest absolute Gasteiger partial charge is 0.354 e. The first-order chi connectivity index (χ1) is 19.5. The molecule has 1 atom stereocenters. The molecule has 0 bridgehead atoms. The summed E-state index contributed by atoms with van der Waals surface area (Å²) in [6.07, 6.45) is 2.52. The Labute approximate surface area is 253 Å². The third-order valence-corrected chi connectivity index (χ3v) is 8.30. The summed E-state index contributed by atoms with van der Waals surface area (Å²) < 4.78 is 26.7. The Morgan fingerprint density at radius 3 is 2.27 bits per heavy atom. The molecule has 0 aliphatic heterocycles. The van der Waals surface area contributed by atoms with Gasteiger partial charge in [-0.25, -0.2) is 8.42 Å². The second kappa shape index (κ2) is 15.2. The van der Waals surface area contributed by atoms with Crippen LogP contribution in [-0.4, -0.2) is 50.5 Å². The van der Waals surface area contributed by atoms with Crippen LogP contribution < -0.4 is 9.62 Å². The maximum Gasteiger partial charge on any atom is 0.243 e. The van der Waals surface area contributed by atoms with E-state index in [2.05, 4.69) is 5.32 Å².